The Kier molecular flexibility index (Phi) is 3.16. The molecule has 2 rings (SSSR count). The largest absolute Gasteiger partial charge is 0.461 e. The molecule has 2 aromatic heterocycles. The van der Waals surface area contributed by atoms with Crippen molar-refractivity contribution in [2.24, 2.45) is 0 Å². The van der Waals surface area contributed by atoms with E-state index in [0.29, 0.717) is 17.4 Å². The molecule has 0 aliphatic heterocycles. The monoisotopic (exact) mass is 302 g/mol. The SMILES string of the molecule is CCOC(=O)c1cn2c(Cl)c(Br)ccc2n1. The molecule has 84 valence electrons. The number of ether oxygens (including phenoxy) is 1. The highest BCUT2D eigenvalue weighted by Crippen LogP contribution is 2.23. The lowest BCUT2D eigenvalue weighted by Crippen LogP contribution is -2.04. The number of hydrogen-bond acceptors (Lipinski definition) is 3. The van der Waals surface area contributed by atoms with Crippen molar-refractivity contribution in [3.8, 4) is 0 Å². The van der Waals surface area contributed by atoms with Crippen LogP contribution in [0.1, 0.15) is 17.4 Å². The maximum absolute atomic E-state index is 11.5. The number of nitrogens with zero attached hydrogens (tertiary/aromatic N) is 2. The minimum atomic E-state index is -0.446. The van der Waals surface area contributed by atoms with Crippen molar-refractivity contribution in [1.29, 1.82) is 0 Å². The summed E-state index contributed by atoms with van der Waals surface area (Å²) in [4.78, 5) is 15.6. The Hall–Kier alpha value is -1.07. The van der Waals surface area contributed by atoms with E-state index in [4.69, 9.17) is 16.3 Å². The summed E-state index contributed by atoms with van der Waals surface area (Å²) >= 11 is 9.34. The third-order valence-corrected chi connectivity index (χ3v) is 3.26. The second-order valence-corrected chi connectivity index (χ2v) is 4.26. The summed E-state index contributed by atoms with van der Waals surface area (Å²) in [5.41, 5.74) is 0.859. The summed E-state index contributed by atoms with van der Waals surface area (Å²) in [6.07, 6.45) is 1.56. The van der Waals surface area contributed by atoms with Crippen LogP contribution < -0.4 is 0 Å². The molecule has 4 nitrogen and oxygen atoms in total. The zero-order valence-electron chi connectivity index (χ0n) is 8.41. The van der Waals surface area contributed by atoms with Crippen LogP contribution in [0.5, 0.6) is 0 Å². The normalized spacial score (nSPS) is 10.7. The molecule has 0 fully saturated rings. The number of esters is 1. The van der Waals surface area contributed by atoms with Gasteiger partial charge in [0.05, 0.1) is 11.1 Å². The summed E-state index contributed by atoms with van der Waals surface area (Å²) in [5, 5.41) is 0.473. The molecule has 0 saturated heterocycles. The Balaban J connectivity index is 2.52. The number of fused-ring (bicyclic) bond motifs is 1. The molecule has 0 amide bonds. The molecule has 0 bridgehead atoms. The van der Waals surface area contributed by atoms with Gasteiger partial charge in [-0.2, -0.15) is 0 Å². The van der Waals surface area contributed by atoms with E-state index in [0.717, 1.165) is 4.47 Å². The predicted molar refractivity (Wildman–Crippen MR) is 63.9 cm³/mol. The maximum Gasteiger partial charge on any atom is 0.358 e. The van der Waals surface area contributed by atoms with Crippen LogP contribution in [0.4, 0.5) is 0 Å². The minimum Gasteiger partial charge on any atom is -0.461 e. The van der Waals surface area contributed by atoms with E-state index < -0.39 is 5.97 Å². The van der Waals surface area contributed by atoms with Gasteiger partial charge in [0, 0.05) is 6.20 Å². The fraction of sp³-hybridized carbons (Fsp3) is 0.200. The second kappa shape index (κ2) is 4.43. The van der Waals surface area contributed by atoms with Gasteiger partial charge in [0.2, 0.25) is 0 Å². The van der Waals surface area contributed by atoms with Crippen LogP contribution in [0.15, 0.2) is 22.8 Å². The average Bonchev–Trinajstić information content (AvgIpc) is 2.69. The lowest BCUT2D eigenvalue weighted by Gasteiger charge is -1.98. The zero-order valence-corrected chi connectivity index (χ0v) is 10.7. The molecular formula is C10H8BrClN2O2. The van der Waals surface area contributed by atoms with E-state index in [1.165, 1.54) is 0 Å². The van der Waals surface area contributed by atoms with Gasteiger partial charge in [-0.15, -0.1) is 0 Å². The summed E-state index contributed by atoms with van der Waals surface area (Å²) in [6, 6.07) is 3.54. The van der Waals surface area contributed by atoms with Gasteiger partial charge in [0.25, 0.3) is 0 Å². The van der Waals surface area contributed by atoms with Gasteiger partial charge in [-0.25, -0.2) is 9.78 Å². The topological polar surface area (TPSA) is 43.6 Å². The van der Waals surface area contributed by atoms with Gasteiger partial charge in [0.15, 0.2) is 5.69 Å². The number of carbonyl (C=O) groups is 1. The smallest absolute Gasteiger partial charge is 0.358 e. The van der Waals surface area contributed by atoms with Crippen molar-refractivity contribution in [3.05, 3.63) is 33.6 Å². The fourth-order valence-corrected chi connectivity index (χ4v) is 1.83. The Morgan fingerprint density at radius 3 is 3.06 bits per heavy atom. The highest BCUT2D eigenvalue weighted by atomic mass is 79.9. The molecule has 6 heteroatoms. The molecule has 2 aromatic rings. The van der Waals surface area contributed by atoms with E-state index in [1.54, 1.807) is 29.7 Å². The van der Waals surface area contributed by atoms with Crippen molar-refractivity contribution in [2.45, 2.75) is 6.92 Å². The Bertz CT molecular complexity index is 553. The number of hydrogen-bond donors (Lipinski definition) is 0. The third kappa shape index (κ3) is 1.92. The Morgan fingerprint density at radius 1 is 1.62 bits per heavy atom. The van der Waals surface area contributed by atoms with E-state index in [2.05, 4.69) is 20.9 Å². The Morgan fingerprint density at radius 2 is 2.38 bits per heavy atom. The molecule has 0 aliphatic rings. The molecule has 0 aliphatic carbocycles. The average molecular weight is 304 g/mol. The van der Waals surface area contributed by atoms with E-state index in [9.17, 15) is 4.79 Å². The molecular weight excluding hydrogens is 295 g/mol. The lowest BCUT2D eigenvalue weighted by atomic mass is 10.5. The van der Waals surface area contributed by atoms with E-state index in [1.807, 2.05) is 0 Å². The second-order valence-electron chi connectivity index (χ2n) is 3.05. The van der Waals surface area contributed by atoms with Crippen molar-refractivity contribution < 1.29 is 9.53 Å². The summed E-state index contributed by atoms with van der Waals surface area (Å²) in [7, 11) is 0. The van der Waals surface area contributed by atoms with Gasteiger partial charge >= 0.3 is 5.97 Å². The quantitative estimate of drug-likeness (QED) is 0.633. The van der Waals surface area contributed by atoms with E-state index >= 15 is 0 Å². The number of rotatable bonds is 2. The highest BCUT2D eigenvalue weighted by molar-refractivity contribution is 9.10. The van der Waals surface area contributed by atoms with Crippen LogP contribution in [0.3, 0.4) is 0 Å². The van der Waals surface area contributed by atoms with Crippen LogP contribution in [0.25, 0.3) is 5.65 Å². The van der Waals surface area contributed by atoms with Crippen molar-refractivity contribution >= 4 is 39.1 Å². The predicted octanol–water partition coefficient (Wildman–Crippen LogP) is 2.93. The van der Waals surface area contributed by atoms with Gasteiger partial charge in [-0.05, 0) is 35.0 Å². The Labute approximate surface area is 105 Å². The lowest BCUT2D eigenvalue weighted by molar-refractivity contribution is 0.0520. The summed E-state index contributed by atoms with van der Waals surface area (Å²) in [6.45, 7) is 2.07. The van der Waals surface area contributed by atoms with Crippen molar-refractivity contribution in [1.82, 2.24) is 9.38 Å². The first-order chi connectivity index (χ1) is 7.63. The van der Waals surface area contributed by atoms with Crippen LogP contribution in [0, 0.1) is 0 Å². The first-order valence-corrected chi connectivity index (χ1v) is 5.80. The first kappa shape index (κ1) is 11.4. The van der Waals surface area contributed by atoms with Gasteiger partial charge in [-0.1, -0.05) is 11.6 Å². The number of pyridine rings is 1. The molecule has 0 N–H and O–H groups in total. The van der Waals surface area contributed by atoms with Crippen LogP contribution in [-0.4, -0.2) is 22.0 Å². The zero-order chi connectivity index (χ0) is 11.7. The first-order valence-electron chi connectivity index (χ1n) is 4.63. The molecule has 0 aromatic carbocycles. The molecule has 0 atom stereocenters. The van der Waals surface area contributed by atoms with Crippen LogP contribution in [-0.2, 0) is 4.74 Å². The summed E-state index contributed by atoms with van der Waals surface area (Å²) < 4.78 is 7.23. The fourth-order valence-electron chi connectivity index (χ4n) is 1.30. The van der Waals surface area contributed by atoms with E-state index in [-0.39, 0.29) is 5.69 Å². The molecule has 0 radical (unpaired) electrons. The third-order valence-electron chi connectivity index (χ3n) is 2.01. The number of carbonyl (C=O) groups excluding carboxylic acids is 1. The van der Waals surface area contributed by atoms with Gasteiger partial charge in [0.1, 0.15) is 10.8 Å². The minimum absolute atomic E-state index is 0.252. The highest BCUT2D eigenvalue weighted by Gasteiger charge is 2.13. The maximum atomic E-state index is 11.5. The number of imidazole rings is 1. The van der Waals surface area contributed by atoms with Crippen molar-refractivity contribution in [3.63, 3.8) is 0 Å². The molecule has 2 heterocycles. The van der Waals surface area contributed by atoms with Crippen LogP contribution >= 0.6 is 27.5 Å². The molecule has 16 heavy (non-hydrogen) atoms. The standard InChI is InChI=1S/C10H8BrClN2O2/c1-2-16-10(15)7-5-14-8(13-7)4-3-6(11)9(14)12/h3-5H,2H2,1H3. The van der Waals surface area contributed by atoms with Gasteiger partial charge in [-0.3, -0.25) is 4.40 Å². The molecule has 0 unspecified atom stereocenters. The van der Waals surface area contributed by atoms with Gasteiger partial charge < -0.3 is 4.74 Å². The molecule has 0 saturated carbocycles. The number of aromatic nitrogens is 2. The van der Waals surface area contributed by atoms with Crippen molar-refractivity contribution in [2.75, 3.05) is 6.61 Å². The number of halogens is 2. The summed E-state index contributed by atoms with van der Waals surface area (Å²) in [5.74, 6) is -0.446. The van der Waals surface area contributed by atoms with Crippen LogP contribution in [0.2, 0.25) is 5.15 Å². The molecule has 0 spiro atoms.